The lowest BCUT2D eigenvalue weighted by Crippen LogP contribution is -2.32. The minimum atomic E-state index is -0.849. The summed E-state index contributed by atoms with van der Waals surface area (Å²) >= 11 is 0. The van der Waals surface area contributed by atoms with E-state index in [0.29, 0.717) is 33.6 Å². The van der Waals surface area contributed by atoms with Crippen LogP contribution in [-0.4, -0.2) is 39.5 Å². The third-order valence-electron chi connectivity index (χ3n) is 5.93. The van der Waals surface area contributed by atoms with Crippen molar-refractivity contribution in [2.24, 2.45) is 5.73 Å². The van der Waals surface area contributed by atoms with Gasteiger partial charge in [-0.3, -0.25) is 9.59 Å². The zero-order valence-corrected chi connectivity index (χ0v) is 23.3. The zero-order valence-electron chi connectivity index (χ0n) is 23.3. The Morgan fingerprint density at radius 1 is 0.878 bits per heavy atom. The summed E-state index contributed by atoms with van der Waals surface area (Å²) in [4.78, 5) is 43.9. The molecule has 41 heavy (non-hydrogen) atoms. The fraction of sp³-hybridized carbons (Fsp3) is 0.188. The number of pyridine rings is 1. The molecule has 1 heterocycles. The summed E-state index contributed by atoms with van der Waals surface area (Å²) in [6.07, 6.45) is 0. The largest absolute Gasteiger partial charge is 0.507 e. The topological polar surface area (TPSA) is 144 Å². The number of hydrogen-bond acceptors (Lipinski definition) is 7. The number of rotatable bonds is 7. The molecule has 9 heteroatoms. The molecule has 0 saturated carbocycles. The molecule has 0 bridgehead atoms. The molecule has 9 nitrogen and oxygen atoms in total. The van der Waals surface area contributed by atoms with Gasteiger partial charge < -0.3 is 26.2 Å². The number of nitrogens with two attached hydrogens (primary N) is 1. The van der Waals surface area contributed by atoms with Gasteiger partial charge in [0, 0.05) is 22.4 Å². The van der Waals surface area contributed by atoms with Gasteiger partial charge in [0.25, 0.3) is 5.91 Å². The number of aromatic hydroxyl groups is 1. The number of esters is 1. The third-order valence-corrected chi connectivity index (χ3v) is 5.93. The number of para-hydroxylation sites is 1. The standard InChI is InChI=1S/C32H32N4O5/c1-19(33)29(38)34-22-14-10-13-21(17-22)24-18-25(23-15-8-9-16-26(23)37)35-28(27(24)31(40)41-32(2,3)4)36-30(39)20-11-6-5-7-12-20/h5-19,37H,33H2,1-4H3,(H,34,38)(H,35,36,39). The second-order valence-electron chi connectivity index (χ2n) is 10.5. The summed E-state index contributed by atoms with van der Waals surface area (Å²) in [6, 6.07) is 22.9. The summed E-state index contributed by atoms with van der Waals surface area (Å²) in [5, 5.41) is 16.2. The Bertz CT molecular complexity index is 1590. The van der Waals surface area contributed by atoms with E-state index in [2.05, 4.69) is 15.6 Å². The van der Waals surface area contributed by atoms with Crippen molar-refractivity contribution in [2.45, 2.75) is 39.3 Å². The number of phenols is 1. The van der Waals surface area contributed by atoms with Crippen LogP contribution in [0.3, 0.4) is 0 Å². The molecule has 0 spiro atoms. The molecule has 2 amide bonds. The third kappa shape index (κ3) is 7.14. The Labute approximate surface area is 238 Å². The van der Waals surface area contributed by atoms with Crippen molar-refractivity contribution >= 4 is 29.3 Å². The highest BCUT2D eigenvalue weighted by Crippen LogP contribution is 2.37. The normalized spacial score (nSPS) is 11.8. The minimum absolute atomic E-state index is 0.0130. The molecular weight excluding hydrogens is 520 g/mol. The quantitative estimate of drug-likeness (QED) is 0.218. The van der Waals surface area contributed by atoms with Gasteiger partial charge in [0.1, 0.15) is 22.7 Å². The Morgan fingerprint density at radius 3 is 2.22 bits per heavy atom. The number of nitrogens with zero attached hydrogens (tertiary/aromatic N) is 1. The number of ether oxygens (including phenoxy) is 1. The van der Waals surface area contributed by atoms with Crippen LogP contribution in [0.15, 0.2) is 84.9 Å². The summed E-state index contributed by atoms with van der Waals surface area (Å²) in [5.74, 6) is -1.66. The van der Waals surface area contributed by atoms with Crippen LogP contribution in [-0.2, 0) is 9.53 Å². The Kier molecular flexibility index (Phi) is 8.49. The number of benzene rings is 3. The molecule has 0 saturated heterocycles. The molecule has 5 N–H and O–H groups in total. The van der Waals surface area contributed by atoms with E-state index in [1.54, 1.807) is 107 Å². The van der Waals surface area contributed by atoms with E-state index in [-0.39, 0.29) is 23.0 Å². The highest BCUT2D eigenvalue weighted by Gasteiger charge is 2.28. The first-order valence-corrected chi connectivity index (χ1v) is 13.0. The lowest BCUT2D eigenvalue weighted by atomic mass is 9.96. The van der Waals surface area contributed by atoms with Gasteiger partial charge in [0.05, 0.1) is 11.7 Å². The van der Waals surface area contributed by atoms with E-state index >= 15 is 0 Å². The van der Waals surface area contributed by atoms with Crippen LogP contribution in [0.25, 0.3) is 22.4 Å². The van der Waals surface area contributed by atoms with Gasteiger partial charge >= 0.3 is 5.97 Å². The van der Waals surface area contributed by atoms with Crippen molar-refractivity contribution in [1.29, 1.82) is 0 Å². The lowest BCUT2D eigenvalue weighted by molar-refractivity contribution is -0.117. The molecule has 0 radical (unpaired) electrons. The predicted molar refractivity (Wildman–Crippen MR) is 159 cm³/mol. The Hall–Kier alpha value is -5.02. The molecule has 1 atom stereocenters. The van der Waals surface area contributed by atoms with Crippen LogP contribution < -0.4 is 16.4 Å². The van der Waals surface area contributed by atoms with Gasteiger partial charge in [-0.05, 0) is 75.7 Å². The minimum Gasteiger partial charge on any atom is -0.507 e. The van der Waals surface area contributed by atoms with E-state index in [4.69, 9.17) is 10.5 Å². The molecule has 0 aliphatic carbocycles. The molecule has 1 unspecified atom stereocenters. The van der Waals surface area contributed by atoms with Crippen LogP contribution in [0.1, 0.15) is 48.4 Å². The maximum atomic E-state index is 13.7. The molecule has 1 aromatic heterocycles. The summed E-state index contributed by atoms with van der Waals surface area (Å²) in [7, 11) is 0. The fourth-order valence-electron chi connectivity index (χ4n) is 4.02. The number of anilines is 2. The van der Waals surface area contributed by atoms with Crippen molar-refractivity contribution in [3.63, 3.8) is 0 Å². The first kappa shape index (κ1) is 29.0. The van der Waals surface area contributed by atoms with E-state index in [0.717, 1.165) is 0 Å². The van der Waals surface area contributed by atoms with E-state index < -0.39 is 23.5 Å². The maximum Gasteiger partial charge on any atom is 0.343 e. The lowest BCUT2D eigenvalue weighted by Gasteiger charge is -2.23. The van der Waals surface area contributed by atoms with Crippen molar-refractivity contribution in [2.75, 3.05) is 10.6 Å². The van der Waals surface area contributed by atoms with E-state index in [1.807, 2.05) is 0 Å². The number of hydrogen-bond donors (Lipinski definition) is 4. The van der Waals surface area contributed by atoms with Crippen molar-refractivity contribution in [3.05, 3.63) is 96.1 Å². The van der Waals surface area contributed by atoms with Crippen LogP contribution in [0, 0.1) is 0 Å². The molecule has 3 aromatic carbocycles. The van der Waals surface area contributed by atoms with E-state index in [1.165, 1.54) is 6.07 Å². The number of phenolic OH excluding ortho intramolecular Hbond substituents is 1. The highest BCUT2D eigenvalue weighted by atomic mass is 16.6. The van der Waals surface area contributed by atoms with Crippen LogP contribution in [0.2, 0.25) is 0 Å². The average Bonchev–Trinajstić information content (AvgIpc) is 2.92. The summed E-state index contributed by atoms with van der Waals surface area (Å²) in [6.45, 7) is 6.78. The zero-order chi connectivity index (χ0) is 29.7. The number of aromatic nitrogens is 1. The number of carbonyl (C=O) groups excluding carboxylic acids is 3. The second kappa shape index (κ2) is 12.0. The van der Waals surface area contributed by atoms with Gasteiger partial charge in [0.2, 0.25) is 5.91 Å². The van der Waals surface area contributed by atoms with Crippen molar-refractivity contribution in [3.8, 4) is 28.1 Å². The summed E-state index contributed by atoms with van der Waals surface area (Å²) < 4.78 is 5.74. The van der Waals surface area contributed by atoms with Crippen molar-refractivity contribution < 1.29 is 24.2 Å². The van der Waals surface area contributed by atoms with Gasteiger partial charge in [-0.1, -0.05) is 42.5 Å². The first-order valence-electron chi connectivity index (χ1n) is 13.0. The molecule has 4 aromatic rings. The number of carbonyl (C=O) groups is 3. The molecule has 0 aliphatic rings. The first-order chi connectivity index (χ1) is 19.4. The molecule has 0 fully saturated rings. The van der Waals surface area contributed by atoms with Gasteiger partial charge in [-0.2, -0.15) is 0 Å². The van der Waals surface area contributed by atoms with Gasteiger partial charge in [-0.15, -0.1) is 0 Å². The molecule has 0 aliphatic heterocycles. The smallest absolute Gasteiger partial charge is 0.343 e. The fourth-order valence-corrected chi connectivity index (χ4v) is 4.02. The number of amides is 2. The Balaban J connectivity index is 1.97. The van der Waals surface area contributed by atoms with E-state index in [9.17, 15) is 19.5 Å². The monoisotopic (exact) mass is 552 g/mol. The average molecular weight is 553 g/mol. The van der Waals surface area contributed by atoms with Crippen LogP contribution in [0.4, 0.5) is 11.5 Å². The predicted octanol–water partition coefficient (Wildman–Crippen LogP) is 5.61. The Morgan fingerprint density at radius 2 is 1.56 bits per heavy atom. The molecule has 4 rings (SSSR count). The molecular formula is C32H32N4O5. The maximum absolute atomic E-state index is 13.7. The van der Waals surface area contributed by atoms with Gasteiger partial charge in [0.15, 0.2) is 0 Å². The second-order valence-corrected chi connectivity index (χ2v) is 10.5. The van der Waals surface area contributed by atoms with Crippen molar-refractivity contribution in [1.82, 2.24) is 4.98 Å². The highest BCUT2D eigenvalue weighted by molar-refractivity contribution is 6.10. The number of nitrogens with one attached hydrogen (secondary N) is 2. The SMILES string of the molecule is CC(N)C(=O)Nc1cccc(-c2cc(-c3ccccc3O)nc(NC(=O)c3ccccc3)c2C(=O)OC(C)(C)C)c1. The van der Waals surface area contributed by atoms with Crippen LogP contribution in [0.5, 0.6) is 5.75 Å². The summed E-state index contributed by atoms with van der Waals surface area (Å²) in [5.41, 5.74) is 7.30. The molecule has 210 valence electrons. The van der Waals surface area contributed by atoms with Crippen LogP contribution >= 0.6 is 0 Å². The van der Waals surface area contributed by atoms with Gasteiger partial charge in [-0.25, -0.2) is 9.78 Å².